The Balaban J connectivity index is 0.944. The SMILES string of the molecule is CC1(C)c2ccccc2-c2ccc(-c3ccc(N(c4ccc(-c5ccc6c7ccccc7c7ccccc7c6c5)cc4)c4cccc(-c5ccc6ccccc6c5)c4)cc3)cc21. The van der Waals surface area contributed by atoms with Crippen molar-refractivity contribution < 1.29 is 0 Å². The maximum atomic E-state index is 2.41. The molecule has 0 heterocycles. The standard InChI is InChI=1S/C61H43N/c1-61(2)59-21-10-9-20-56(59)57-35-29-47(39-60(57)61)42-26-32-49(33-27-42)62(50-15-11-14-44(37-50)45-23-22-40-12-3-4-13-43(40)36-45)48-30-24-41(25-31-48)46-28-34-55-53-18-6-5-16-51(53)52-17-7-8-19-54(52)58(55)38-46/h3-39H,1-2H3. The predicted molar refractivity (Wildman–Crippen MR) is 265 cm³/mol. The Hall–Kier alpha value is -7.74. The first kappa shape index (κ1) is 36.1. The van der Waals surface area contributed by atoms with Crippen LogP contribution in [0.25, 0.3) is 87.6 Å². The first-order chi connectivity index (χ1) is 30.5. The molecule has 0 saturated carbocycles. The van der Waals surface area contributed by atoms with E-state index in [-0.39, 0.29) is 5.41 Å². The molecule has 0 unspecified atom stereocenters. The quantitative estimate of drug-likeness (QED) is 0.152. The molecule has 12 rings (SSSR count). The smallest absolute Gasteiger partial charge is 0.0467 e. The van der Waals surface area contributed by atoms with Gasteiger partial charge in [0, 0.05) is 22.5 Å². The highest BCUT2D eigenvalue weighted by molar-refractivity contribution is 6.25. The maximum Gasteiger partial charge on any atom is 0.0467 e. The summed E-state index contributed by atoms with van der Waals surface area (Å²) in [6, 6.07) is 82.9. The maximum absolute atomic E-state index is 2.41. The summed E-state index contributed by atoms with van der Waals surface area (Å²) < 4.78 is 0. The Bertz CT molecular complexity index is 3500. The third-order valence-electron chi connectivity index (χ3n) is 13.4. The Morgan fingerprint density at radius 2 is 0.758 bits per heavy atom. The molecule has 0 atom stereocenters. The summed E-state index contributed by atoms with van der Waals surface area (Å²) in [5, 5.41) is 10.2. The van der Waals surface area contributed by atoms with E-state index >= 15 is 0 Å². The van der Waals surface area contributed by atoms with Gasteiger partial charge in [0.05, 0.1) is 0 Å². The van der Waals surface area contributed by atoms with Gasteiger partial charge in [-0.2, -0.15) is 0 Å². The molecule has 11 aromatic rings. The van der Waals surface area contributed by atoms with Crippen molar-refractivity contribution >= 4 is 60.2 Å². The average Bonchev–Trinajstić information content (AvgIpc) is 3.57. The molecule has 292 valence electrons. The molecule has 1 aliphatic rings. The van der Waals surface area contributed by atoms with Crippen LogP contribution >= 0.6 is 0 Å². The van der Waals surface area contributed by atoms with Crippen LogP contribution in [0.15, 0.2) is 224 Å². The van der Waals surface area contributed by atoms with Crippen LogP contribution in [0, 0.1) is 0 Å². The highest BCUT2D eigenvalue weighted by atomic mass is 15.1. The van der Waals surface area contributed by atoms with E-state index in [9.17, 15) is 0 Å². The van der Waals surface area contributed by atoms with Crippen LogP contribution in [0.3, 0.4) is 0 Å². The van der Waals surface area contributed by atoms with E-state index in [4.69, 9.17) is 0 Å². The second-order valence-corrected chi connectivity index (χ2v) is 17.3. The topological polar surface area (TPSA) is 3.24 Å². The first-order valence-corrected chi connectivity index (χ1v) is 21.7. The summed E-state index contributed by atoms with van der Waals surface area (Å²) >= 11 is 0. The highest BCUT2D eigenvalue weighted by Gasteiger charge is 2.35. The molecule has 1 aliphatic carbocycles. The number of hydrogen-bond acceptors (Lipinski definition) is 1. The van der Waals surface area contributed by atoms with Crippen LogP contribution < -0.4 is 4.90 Å². The average molecular weight is 790 g/mol. The highest BCUT2D eigenvalue weighted by Crippen LogP contribution is 2.50. The van der Waals surface area contributed by atoms with Crippen LogP contribution in [0.4, 0.5) is 17.1 Å². The Morgan fingerprint density at radius 1 is 0.274 bits per heavy atom. The van der Waals surface area contributed by atoms with Crippen molar-refractivity contribution in [2.24, 2.45) is 0 Å². The summed E-state index contributed by atoms with van der Waals surface area (Å²) in [5.74, 6) is 0. The van der Waals surface area contributed by atoms with E-state index in [2.05, 4.69) is 243 Å². The third kappa shape index (κ3) is 5.85. The molecule has 0 aromatic heterocycles. The fraction of sp³-hybridized carbons (Fsp3) is 0.0492. The third-order valence-corrected chi connectivity index (χ3v) is 13.4. The zero-order valence-corrected chi connectivity index (χ0v) is 34.8. The van der Waals surface area contributed by atoms with Gasteiger partial charge in [-0.25, -0.2) is 0 Å². The van der Waals surface area contributed by atoms with Crippen LogP contribution in [0.2, 0.25) is 0 Å². The van der Waals surface area contributed by atoms with Gasteiger partial charge in [-0.1, -0.05) is 184 Å². The van der Waals surface area contributed by atoms with E-state index in [0.717, 1.165) is 17.1 Å². The Labute approximate surface area is 362 Å². The molecule has 0 aliphatic heterocycles. The molecular formula is C61H43N. The van der Waals surface area contributed by atoms with Crippen LogP contribution in [0.5, 0.6) is 0 Å². The number of benzene rings is 11. The van der Waals surface area contributed by atoms with Crippen LogP contribution in [0.1, 0.15) is 25.0 Å². The van der Waals surface area contributed by atoms with Crippen LogP contribution in [-0.2, 0) is 5.41 Å². The van der Waals surface area contributed by atoms with Crippen molar-refractivity contribution in [3.05, 3.63) is 236 Å². The lowest BCUT2D eigenvalue weighted by molar-refractivity contribution is 0.660. The van der Waals surface area contributed by atoms with Crippen molar-refractivity contribution in [1.82, 2.24) is 0 Å². The lowest BCUT2D eigenvalue weighted by Crippen LogP contribution is -2.14. The molecule has 0 amide bonds. The molecular weight excluding hydrogens is 747 g/mol. The van der Waals surface area contributed by atoms with E-state index in [1.165, 1.54) is 98.7 Å². The molecule has 0 spiro atoms. The molecule has 1 nitrogen and oxygen atoms in total. The molecule has 1 heteroatoms. The number of fused-ring (bicyclic) bond motifs is 10. The van der Waals surface area contributed by atoms with Crippen LogP contribution in [-0.4, -0.2) is 0 Å². The molecule has 0 bridgehead atoms. The van der Waals surface area contributed by atoms with E-state index in [1.54, 1.807) is 0 Å². The summed E-state index contributed by atoms with van der Waals surface area (Å²) in [6.45, 7) is 4.70. The van der Waals surface area contributed by atoms with Gasteiger partial charge in [0.1, 0.15) is 0 Å². The van der Waals surface area contributed by atoms with Gasteiger partial charge in [0.15, 0.2) is 0 Å². The van der Waals surface area contributed by atoms with Gasteiger partial charge in [-0.15, -0.1) is 0 Å². The lowest BCUT2D eigenvalue weighted by atomic mass is 9.81. The Morgan fingerprint density at radius 3 is 1.45 bits per heavy atom. The fourth-order valence-electron chi connectivity index (χ4n) is 10.2. The summed E-state index contributed by atoms with van der Waals surface area (Å²) in [4.78, 5) is 2.39. The second-order valence-electron chi connectivity index (χ2n) is 17.3. The van der Waals surface area contributed by atoms with Crippen molar-refractivity contribution in [2.75, 3.05) is 4.90 Å². The van der Waals surface area contributed by atoms with E-state index < -0.39 is 0 Å². The predicted octanol–water partition coefficient (Wildman–Crippen LogP) is 17.1. The van der Waals surface area contributed by atoms with Gasteiger partial charge in [-0.3, -0.25) is 0 Å². The van der Waals surface area contributed by atoms with Crippen molar-refractivity contribution in [3.8, 4) is 44.5 Å². The second kappa shape index (κ2) is 14.2. The first-order valence-electron chi connectivity index (χ1n) is 21.7. The van der Waals surface area contributed by atoms with Crippen molar-refractivity contribution in [1.29, 1.82) is 0 Å². The summed E-state index contributed by atoms with van der Waals surface area (Å²) in [7, 11) is 0. The normalized spacial score (nSPS) is 12.8. The molecule has 0 N–H and O–H groups in total. The van der Waals surface area contributed by atoms with Gasteiger partial charge in [0.2, 0.25) is 0 Å². The molecule has 62 heavy (non-hydrogen) atoms. The van der Waals surface area contributed by atoms with Gasteiger partial charge in [-0.05, 0) is 153 Å². The molecule has 0 fully saturated rings. The van der Waals surface area contributed by atoms with Crippen molar-refractivity contribution in [3.63, 3.8) is 0 Å². The minimum Gasteiger partial charge on any atom is -0.310 e. The van der Waals surface area contributed by atoms with E-state index in [0.29, 0.717) is 0 Å². The number of nitrogens with zero attached hydrogens (tertiary/aromatic N) is 1. The number of anilines is 3. The largest absolute Gasteiger partial charge is 0.310 e. The van der Waals surface area contributed by atoms with E-state index in [1.807, 2.05) is 0 Å². The lowest BCUT2D eigenvalue weighted by Gasteiger charge is -2.26. The van der Waals surface area contributed by atoms with Gasteiger partial charge < -0.3 is 4.90 Å². The number of rotatable bonds is 6. The number of hydrogen-bond donors (Lipinski definition) is 0. The Kier molecular flexibility index (Phi) is 8.27. The monoisotopic (exact) mass is 789 g/mol. The fourth-order valence-corrected chi connectivity index (χ4v) is 10.2. The minimum atomic E-state index is -0.0457. The van der Waals surface area contributed by atoms with Crippen molar-refractivity contribution in [2.45, 2.75) is 19.3 Å². The zero-order valence-electron chi connectivity index (χ0n) is 34.8. The van der Waals surface area contributed by atoms with Gasteiger partial charge >= 0.3 is 0 Å². The summed E-state index contributed by atoms with van der Waals surface area (Å²) in [6.07, 6.45) is 0. The zero-order chi connectivity index (χ0) is 41.4. The minimum absolute atomic E-state index is 0.0457. The molecule has 0 radical (unpaired) electrons. The molecule has 0 saturated heterocycles. The van der Waals surface area contributed by atoms with Gasteiger partial charge in [0.25, 0.3) is 0 Å². The summed E-state index contributed by atoms with van der Waals surface area (Å²) in [5.41, 5.74) is 16.0. The molecule has 11 aromatic carbocycles.